The summed E-state index contributed by atoms with van der Waals surface area (Å²) in [5.41, 5.74) is -0.0477. The van der Waals surface area contributed by atoms with Crippen LogP contribution < -0.4 is 0 Å². The number of hydrogen-bond donors (Lipinski definition) is 6. The maximum atomic E-state index is 12.1. The average molecular weight is 635 g/mol. The zero-order valence-corrected chi connectivity index (χ0v) is 28.1. The van der Waals surface area contributed by atoms with E-state index in [1.54, 1.807) is 0 Å². The van der Waals surface area contributed by atoms with Crippen molar-refractivity contribution in [3.63, 3.8) is 0 Å². The maximum absolute atomic E-state index is 12.1. The number of aliphatic carboxylic acids is 1. The molecule has 14 atom stereocenters. The molecule has 9 nitrogen and oxygen atoms in total. The van der Waals surface area contributed by atoms with Gasteiger partial charge in [0.1, 0.15) is 24.4 Å². The molecule has 0 radical (unpaired) electrons. The lowest BCUT2D eigenvalue weighted by atomic mass is 9.37. The molecule has 45 heavy (non-hydrogen) atoms. The summed E-state index contributed by atoms with van der Waals surface area (Å²) in [4.78, 5) is 11.9. The standard InChI is InChI=1S/C36H58O9/c1-20(2)10-9-14-36(8,43)23-12-17-35(7)28(23)24(44-32-31(42)30(41)29(40)25(19-37)45-32)18-26-33(5,15-13-27(38)39)22(21(3)4)11-16-34(26,35)6/h9-10,22-26,28-32,37,40-43H,1,3,11-19H2,2,4-8H3,(H,38,39)/b10-9+/t22?,23?,24?,25-,26?,28?,29-,30+,31-,32-,33?,34?,35?,36?/m1/s1. The maximum Gasteiger partial charge on any atom is 0.303 e. The molecule has 4 rings (SSSR count). The van der Waals surface area contributed by atoms with Crippen LogP contribution in [0.5, 0.6) is 0 Å². The number of carboxylic acid groups (broad SMARTS) is 1. The molecule has 1 aliphatic heterocycles. The summed E-state index contributed by atoms with van der Waals surface area (Å²) < 4.78 is 12.6. The van der Waals surface area contributed by atoms with Crippen molar-refractivity contribution >= 4 is 5.97 Å². The van der Waals surface area contributed by atoms with Crippen LogP contribution in [-0.2, 0) is 14.3 Å². The fraction of sp³-hybridized carbons (Fsp3) is 0.806. The molecule has 0 aromatic heterocycles. The molecular weight excluding hydrogens is 576 g/mol. The highest BCUT2D eigenvalue weighted by atomic mass is 16.7. The minimum absolute atomic E-state index is 0.0305. The van der Waals surface area contributed by atoms with Crippen LogP contribution in [0.3, 0.4) is 0 Å². The fourth-order valence-corrected chi connectivity index (χ4v) is 10.5. The lowest BCUT2D eigenvalue weighted by Crippen LogP contribution is -2.65. The predicted molar refractivity (Wildman–Crippen MR) is 171 cm³/mol. The molecule has 1 heterocycles. The van der Waals surface area contributed by atoms with Crippen LogP contribution in [-0.4, -0.2) is 85.6 Å². The summed E-state index contributed by atoms with van der Waals surface area (Å²) in [5.74, 6) is -0.991. The van der Waals surface area contributed by atoms with E-state index in [2.05, 4.69) is 33.9 Å². The number of carboxylic acids is 1. The van der Waals surface area contributed by atoms with E-state index in [4.69, 9.17) is 9.47 Å². The van der Waals surface area contributed by atoms with Crippen molar-refractivity contribution in [3.05, 3.63) is 36.5 Å². The molecule has 1 saturated heterocycles. The predicted octanol–water partition coefficient (Wildman–Crippen LogP) is 4.36. The number of carbonyl (C=O) groups is 1. The number of hydrogen-bond acceptors (Lipinski definition) is 8. The van der Waals surface area contributed by atoms with Gasteiger partial charge in [0.05, 0.1) is 18.3 Å². The third-order valence-corrected chi connectivity index (χ3v) is 13.0. The first-order valence-electron chi connectivity index (χ1n) is 16.7. The molecule has 3 saturated carbocycles. The summed E-state index contributed by atoms with van der Waals surface area (Å²) >= 11 is 0. The zero-order valence-electron chi connectivity index (χ0n) is 28.1. The molecule has 4 fully saturated rings. The first-order chi connectivity index (χ1) is 20.8. The lowest BCUT2D eigenvalue weighted by Gasteiger charge is -2.68. The molecule has 9 heteroatoms. The van der Waals surface area contributed by atoms with Crippen LogP contribution in [0.2, 0.25) is 0 Å². The van der Waals surface area contributed by atoms with Gasteiger partial charge in [0.2, 0.25) is 0 Å². The van der Waals surface area contributed by atoms with E-state index in [1.807, 2.05) is 32.9 Å². The number of aliphatic hydroxyl groups is 5. The number of ether oxygens (including phenoxy) is 2. The Kier molecular flexibility index (Phi) is 10.6. The summed E-state index contributed by atoms with van der Waals surface area (Å²) in [6.07, 6.45) is 1.26. The summed E-state index contributed by atoms with van der Waals surface area (Å²) in [6, 6.07) is 0. The van der Waals surface area contributed by atoms with E-state index in [1.165, 1.54) is 0 Å². The van der Waals surface area contributed by atoms with Crippen molar-refractivity contribution in [3.8, 4) is 0 Å². The summed E-state index contributed by atoms with van der Waals surface area (Å²) in [5, 5.41) is 63.7. The monoisotopic (exact) mass is 634 g/mol. The van der Waals surface area contributed by atoms with Gasteiger partial charge in [-0.15, -0.1) is 0 Å². The summed E-state index contributed by atoms with van der Waals surface area (Å²) in [6.45, 7) is 20.4. The molecule has 9 unspecified atom stereocenters. The number of aliphatic hydroxyl groups excluding tert-OH is 4. The van der Waals surface area contributed by atoms with Gasteiger partial charge in [0, 0.05) is 6.42 Å². The van der Waals surface area contributed by atoms with Crippen molar-refractivity contribution in [2.24, 2.45) is 39.9 Å². The van der Waals surface area contributed by atoms with Crippen LogP contribution in [0, 0.1) is 39.9 Å². The topological polar surface area (TPSA) is 157 Å². The molecule has 0 amide bonds. The molecule has 0 aromatic carbocycles. The zero-order chi connectivity index (χ0) is 33.7. The highest BCUT2D eigenvalue weighted by Gasteiger charge is 2.70. The number of allylic oxidation sites excluding steroid dienone is 3. The third-order valence-electron chi connectivity index (χ3n) is 13.0. The highest BCUT2D eigenvalue weighted by Crippen LogP contribution is 2.74. The van der Waals surface area contributed by atoms with Gasteiger partial charge in [-0.3, -0.25) is 4.79 Å². The number of rotatable bonds is 11. The Hall–Kier alpha value is -1.59. The van der Waals surface area contributed by atoms with E-state index in [-0.39, 0.29) is 40.9 Å². The van der Waals surface area contributed by atoms with Crippen molar-refractivity contribution in [1.29, 1.82) is 0 Å². The Labute approximate surface area is 269 Å². The second-order valence-electron chi connectivity index (χ2n) is 15.8. The van der Waals surface area contributed by atoms with Gasteiger partial charge < -0.3 is 40.1 Å². The second kappa shape index (κ2) is 13.1. The fourth-order valence-electron chi connectivity index (χ4n) is 10.5. The van der Waals surface area contributed by atoms with Gasteiger partial charge in [-0.1, -0.05) is 57.2 Å². The lowest BCUT2D eigenvalue weighted by molar-refractivity contribution is -0.332. The van der Waals surface area contributed by atoms with E-state index in [9.17, 15) is 35.4 Å². The molecule has 3 aliphatic carbocycles. The Bertz CT molecular complexity index is 1150. The van der Waals surface area contributed by atoms with Gasteiger partial charge in [0.25, 0.3) is 0 Å². The molecule has 256 valence electrons. The molecule has 6 N–H and O–H groups in total. The average Bonchev–Trinajstić information content (AvgIpc) is 3.33. The molecular formula is C36H58O9. The minimum Gasteiger partial charge on any atom is -0.481 e. The van der Waals surface area contributed by atoms with E-state index >= 15 is 0 Å². The van der Waals surface area contributed by atoms with Crippen molar-refractivity contribution in [2.75, 3.05) is 6.61 Å². The highest BCUT2D eigenvalue weighted by molar-refractivity contribution is 5.66. The molecule has 0 aromatic rings. The van der Waals surface area contributed by atoms with Crippen molar-refractivity contribution in [2.45, 2.75) is 135 Å². The van der Waals surface area contributed by atoms with Crippen molar-refractivity contribution in [1.82, 2.24) is 0 Å². The Morgan fingerprint density at radius 3 is 2.27 bits per heavy atom. The van der Waals surface area contributed by atoms with E-state index < -0.39 is 60.4 Å². The normalized spacial score (nSPS) is 46.3. The van der Waals surface area contributed by atoms with Gasteiger partial charge in [-0.2, -0.15) is 0 Å². The molecule has 0 spiro atoms. The van der Waals surface area contributed by atoms with Gasteiger partial charge >= 0.3 is 5.97 Å². The second-order valence-corrected chi connectivity index (χ2v) is 15.8. The van der Waals surface area contributed by atoms with Crippen LogP contribution in [0.25, 0.3) is 0 Å². The quantitative estimate of drug-likeness (QED) is 0.110. The molecule has 0 bridgehead atoms. The first kappa shape index (κ1) is 36.2. The molecule has 4 aliphatic rings. The Morgan fingerprint density at radius 2 is 1.69 bits per heavy atom. The van der Waals surface area contributed by atoms with E-state index in [0.717, 1.165) is 36.8 Å². The van der Waals surface area contributed by atoms with Crippen LogP contribution in [0.15, 0.2) is 36.5 Å². The SMILES string of the molecule is C=C(C)/C=C/CC(C)(O)C1CCC2(C)C1C(O[C@@H]1O[C@H](CO)[C@@H](O)[C@H](O)[C@H]1O)CC1C(C)(CCC(=O)O)C(C(=C)C)CCC12C. The van der Waals surface area contributed by atoms with Gasteiger partial charge in [-0.25, -0.2) is 0 Å². The minimum atomic E-state index is -1.57. The van der Waals surface area contributed by atoms with Gasteiger partial charge in [0.15, 0.2) is 6.29 Å². The largest absolute Gasteiger partial charge is 0.481 e. The van der Waals surface area contributed by atoms with Gasteiger partial charge in [-0.05, 0) is 106 Å². The third kappa shape index (κ3) is 6.35. The van der Waals surface area contributed by atoms with Crippen LogP contribution >= 0.6 is 0 Å². The first-order valence-corrected chi connectivity index (χ1v) is 16.7. The number of fused-ring (bicyclic) bond motifs is 3. The van der Waals surface area contributed by atoms with Crippen LogP contribution in [0.1, 0.15) is 92.9 Å². The van der Waals surface area contributed by atoms with Crippen LogP contribution in [0.4, 0.5) is 0 Å². The van der Waals surface area contributed by atoms with Crippen molar-refractivity contribution < 1.29 is 44.9 Å². The van der Waals surface area contributed by atoms with E-state index in [0.29, 0.717) is 19.3 Å². The smallest absolute Gasteiger partial charge is 0.303 e. The Balaban J connectivity index is 1.81. The summed E-state index contributed by atoms with van der Waals surface area (Å²) in [7, 11) is 0. The Morgan fingerprint density at radius 1 is 1.04 bits per heavy atom.